The van der Waals surface area contributed by atoms with Crippen LogP contribution in [-0.4, -0.2) is 4.98 Å². The van der Waals surface area contributed by atoms with E-state index in [4.69, 9.17) is 5.73 Å². The van der Waals surface area contributed by atoms with E-state index in [1.165, 1.54) is 11.1 Å². The summed E-state index contributed by atoms with van der Waals surface area (Å²) in [7, 11) is 0. The lowest BCUT2D eigenvalue weighted by Gasteiger charge is -2.07. The van der Waals surface area contributed by atoms with Gasteiger partial charge in [-0.1, -0.05) is 36.4 Å². The highest BCUT2D eigenvalue weighted by molar-refractivity contribution is 5.93. The minimum atomic E-state index is 0.787. The Hall–Kier alpha value is -2.35. The zero-order chi connectivity index (χ0) is 12.5. The molecule has 0 radical (unpaired) electrons. The van der Waals surface area contributed by atoms with Gasteiger partial charge in [-0.05, 0) is 36.2 Å². The minimum Gasteiger partial charge on any atom is -0.398 e. The van der Waals surface area contributed by atoms with Crippen molar-refractivity contribution in [1.82, 2.24) is 4.98 Å². The maximum absolute atomic E-state index is 6.06. The third kappa shape index (κ3) is 1.82. The standard InChI is InChI=1S/C16H14N2/c1-11-9-15(17)14-10-13(7-8-16(14)18-11)12-5-3-2-4-6-12/h2-10H,1H3,(H2,17,18). The van der Waals surface area contributed by atoms with E-state index in [0.29, 0.717) is 0 Å². The lowest BCUT2D eigenvalue weighted by atomic mass is 10.0. The van der Waals surface area contributed by atoms with Gasteiger partial charge in [0.15, 0.2) is 0 Å². The number of anilines is 1. The van der Waals surface area contributed by atoms with Crippen LogP contribution in [0.3, 0.4) is 0 Å². The van der Waals surface area contributed by atoms with Crippen LogP contribution >= 0.6 is 0 Å². The van der Waals surface area contributed by atoms with Crippen LogP contribution in [0.25, 0.3) is 22.0 Å². The lowest BCUT2D eigenvalue weighted by Crippen LogP contribution is -1.92. The summed E-state index contributed by atoms with van der Waals surface area (Å²) < 4.78 is 0. The monoisotopic (exact) mass is 234 g/mol. The first kappa shape index (κ1) is 10.8. The van der Waals surface area contributed by atoms with Gasteiger partial charge in [-0.3, -0.25) is 4.98 Å². The Morgan fingerprint density at radius 2 is 1.67 bits per heavy atom. The second-order valence-electron chi connectivity index (χ2n) is 4.45. The van der Waals surface area contributed by atoms with Crippen LogP contribution in [0.2, 0.25) is 0 Å². The predicted octanol–water partition coefficient (Wildman–Crippen LogP) is 3.79. The molecule has 2 aromatic carbocycles. The third-order valence-electron chi connectivity index (χ3n) is 3.08. The Balaban J connectivity index is 2.23. The van der Waals surface area contributed by atoms with E-state index in [1.807, 2.05) is 37.3 Å². The second kappa shape index (κ2) is 4.15. The summed E-state index contributed by atoms with van der Waals surface area (Å²) in [5.41, 5.74) is 11.1. The highest BCUT2D eigenvalue weighted by Crippen LogP contribution is 2.27. The number of aromatic nitrogens is 1. The van der Waals surface area contributed by atoms with Gasteiger partial charge in [0.05, 0.1) is 5.52 Å². The van der Waals surface area contributed by atoms with Crippen molar-refractivity contribution in [3.63, 3.8) is 0 Å². The number of pyridine rings is 1. The molecule has 0 fully saturated rings. The first-order valence-electron chi connectivity index (χ1n) is 5.96. The van der Waals surface area contributed by atoms with E-state index >= 15 is 0 Å². The molecule has 0 saturated heterocycles. The maximum atomic E-state index is 6.06. The molecule has 88 valence electrons. The van der Waals surface area contributed by atoms with E-state index in [2.05, 4.69) is 29.2 Å². The average molecular weight is 234 g/mol. The number of fused-ring (bicyclic) bond motifs is 1. The number of nitrogens with two attached hydrogens (primary N) is 1. The van der Waals surface area contributed by atoms with Gasteiger partial charge in [0.1, 0.15) is 0 Å². The quantitative estimate of drug-likeness (QED) is 0.695. The summed E-state index contributed by atoms with van der Waals surface area (Å²) in [6, 6.07) is 18.4. The molecule has 0 unspecified atom stereocenters. The second-order valence-corrected chi connectivity index (χ2v) is 4.45. The Morgan fingerprint density at radius 3 is 2.44 bits per heavy atom. The van der Waals surface area contributed by atoms with Crippen molar-refractivity contribution in [2.45, 2.75) is 6.92 Å². The Morgan fingerprint density at radius 1 is 0.889 bits per heavy atom. The number of aryl methyl sites for hydroxylation is 1. The Kier molecular flexibility index (Phi) is 2.49. The van der Waals surface area contributed by atoms with Crippen molar-refractivity contribution >= 4 is 16.6 Å². The molecule has 0 saturated carbocycles. The van der Waals surface area contributed by atoms with E-state index in [0.717, 1.165) is 22.3 Å². The number of hydrogen-bond donors (Lipinski definition) is 1. The summed E-state index contributed by atoms with van der Waals surface area (Å²) in [6.45, 7) is 1.96. The molecule has 0 amide bonds. The molecule has 2 heteroatoms. The van der Waals surface area contributed by atoms with Crippen LogP contribution in [0.1, 0.15) is 5.69 Å². The van der Waals surface area contributed by atoms with Crippen molar-refractivity contribution < 1.29 is 0 Å². The van der Waals surface area contributed by atoms with Crippen LogP contribution in [0.5, 0.6) is 0 Å². The fraction of sp³-hybridized carbons (Fsp3) is 0.0625. The third-order valence-corrected chi connectivity index (χ3v) is 3.08. The van der Waals surface area contributed by atoms with Crippen molar-refractivity contribution in [1.29, 1.82) is 0 Å². The van der Waals surface area contributed by atoms with E-state index in [1.54, 1.807) is 0 Å². The van der Waals surface area contributed by atoms with Gasteiger partial charge in [-0.25, -0.2) is 0 Å². The lowest BCUT2D eigenvalue weighted by molar-refractivity contribution is 1.26. The number of hydrogen-bond acceptors (Lipinski definition) is 2. The summed E-state index contributed by atoms with van der Waals surface area (Å²) in [5, 5.41) is 1.02. The number of nitrogen functional groups attached to an aromatic ring is 1. The first-order valence-corrected chi connectivity index (χ1v) is 5.96. The molecule has 0 aliphatic rings. The van der Waals surface area contributed by atoms with Crippen LogP contribution < -0.4 is 5.73 Å². The van der Waals surface area contributed by atoms with E-state index in [9.17, 15) is 0 Å². The van der Waals surface area contributed by atoms with Gasteiger partial charge in [-0.2, -0.15) is 0 Å². The van der Waals surface area contributed by atoms with E-state index < -0.39 is 0 Å². The number of rotatable bonds is 1. The summed E-state index contributed by atoms with van der Waals surface area (Å²) in [5.74, 6) is 0. The zero-order valence-electron chi connectivity index (χ0n) is 10.2. The van der Waals surface area contributed by atoms with Gasteiger partial charge in [0, 0.05) is 16.8 Å². The number of benzene rings is 2. The van der Waals surface area contributed by atoms with Gasteiger partial charge >= 0.3 is 0 Å². The number of nitrogens with zero attached hydrogens (tertiary/aromatic N) is 1. The molecule has 0 bridgehead atoms. The SMILES string of the molecule is Cc1cc(N)c2cc(-c3ccccc3)ccc2n1. The molecule has 3 aromatic rings. The van der Waals surface area contributed by atoms with Crippen molar-refractivity contribution in [2.24, 2.45) is 0 Å². The van der Waals surface area contributed by atoms with Crippen molar-refractivity contribution in [2.75, 3.05) is 5.73 Å². The van der Waals surface area contributed by atoms with Crippen LogP contribution in [-0.2, 0) is 0 Å². The Bertz CT molecular complexity index is 703. The molecule has 2 nitrogen and oxygen atoms in total. The maximum Gasteiger partial charge on any atom is 0.0726 e. The van der Waals surface area contributed by atoms with Crippen molar-refractivity contribution in [3.05, 3.63) is 60.3 Å². The molecule has 18 heavy (non-hydrogen) atoms. The van der Waals surface area contributed by atoms with E-state index in [-0.39, 0.29) is 0 Å². The molecule has 1 heterocycles. The highest BCUT2D eigenvalue weighted by Gasteiger charge is 2.03. The topological polar surface area (TPSA) is 38.9 Å². The Labute approximate surface area is 106 Å². The van der Waals surface area contributed by atoms with Gasteiger partial charge in [0.25, 0.3) is 0 Å². The minimum absolute atomic E-state index is 0.787. The van der Waals surface area contributed by atoms with Crippen molar-refractivity contribution in [3.8, 4) is 11.1 Å². The predicted molar refractivity (Wildman–Crippen MR) is 76.3 cm³/mol. The smallest absolute Gasteiger partial charge is 0.0726 e. The first-order chi connectivity index (χ1) is 8.74. The van der Waals surface area contributed by atoms with Crippen LogP contribution in [0.15, 0.2) is 54.6 Å². The largest absolute Gasteiger partial charge is 0.398 e. The summed E-state index contributed by atoms with van der Waals surface area (Å²) in [4.78, 5) is 4.49. The molecule has 0 atom stereocenters. The summed E-state index contributed by atoms with van der Waals surface area (Å²) in [6.07, 6.45) is 0. The van der Waals surface area contributed by atoms with Crippen LogP contribution in [0.4, 0.5) is 5.69 Å². The molecule has 0 aliphatic heterocycles. The molecular weight excluding hydrogens is 220 g/mol. The van der Waals surface area contributed by atoms with Gasteiger partial charge in [0.2, 0.25) is 0 Å². The molecule has 0 aliphatic carbocycles. The normalized spacial score (nSPS) is 10.7. The molecule has 0 spiro atoms. The van der Waals surface area contributed by atoms with Crippen LogP contribution in [0, 0.1) is 6.92 Å². The molecule has 3 rings (SSSR count). The fourth-order valence-corrected chi connectivity index (χ4v) is 2.20. The molecule has 2 N–H and O–H groups in total. The van der Waals surface area contributed by atoms with Gasteiger partial charge in [-0.15, -0.1) is 0 Å². The summed E-state index contributed by atoms with van der Waals surface area (Å²) >= 11 is 0. The van der Waals surface area contributed by atoms with Gasteiger partial charge < -0.3 is 5.73 Å². The zero-order valence-corrected chi connectivity index (χ0v) is 10.2. The molecule has 1 aromatic heterocycles. The molecular formula is C16H14N2. The fourth-order valence-electron chi connectivity index (χ4n) is 2.20. The highest BCUT2D eigenvalue weighted by atomic mass is 14.7. The average Bonchev–Trinajstić information content (AvgIpc) is 2.39.